The van der Waals surface area contributed by atoms with Gasteiger partial charge in [-0.25, -0.2) is 22.9 Å². The van der Waals surface area contributed by atoms with Crippen LogP contribution in [0.1, 0.15) is 38.6 Å². The van der Waals surface area contributed by atoms with Gasteiger partial charge in [-0.05, 0) is 48.4 Å². The first-order chi connectivity index (χ1) is 21.0. The van der Waals surface area contributed by atoms with Crippen LogP contribution < -0.4 is 20.1 Å². The van der Waals surface area contributed by atoms with E-state index in [9.17, 15) is 23.2 Å². The Morgan fingerprint density at radius 1 is 1.09 bits per heavy atom. The van der Waals surface area contributed by atoms with Crippen molar-refractivity contribution in [2.75, 3.05) is 50.2 Å². The minimum Gasteiger partial charge on any atom is -0.496 e. The predicted molar refractivity (Wildman–Crippen MR) is 159 cm³/mol. The van der Waals surface area contributed by atoms with E-state index in [-0.39, 0.29) is 28.0 Å². The van der Waals surface area contributed by atoms with Crippen LogP contribution in [-0.4, -0.2) is 68.1 Å². The van der Waals surface area contributed by atoms with E-state index in [1.807, 2.05) is 4.90 Å². The Balaban J connectivity index is 1.35. The van der Waals surface area contributed by atoms with Gasteiger partial charge in [-0.1, -0.05) is 0 Å². The van der Waals surface area contributed by atoms with Crippen molar-refractivity contribution in [2.24, 2.45) is 7.05 Å². The number of nitrogens with zero attached hydrogens (tertiary/aromatic N) is 4. The van der Waals surface area contributed by atoms with E-state index in [4.69, 9.17) is 9.47 Å². The number of pyridine rings is 2. The van der Waals surface area contributed by atoms with Crippen LogP contribution in [-0.2, 0) is 11.8 Å². The van der Waals surface area contributed by atoms with Crippen molar-refractivity contribution in [3.05, 3.63) is 81.7 Å². The molecule has 0 saturated carbocycles. The van der Waals surface area contributed by atoms with Gasteiger partial charge in [-0.15, -0.1) is 0 Å². The number of ether oxygens (including phenoxy) is 2. The molecule has 0 bridgehead atoms. The van der Waals surface area contributed by atoms with Gasteiger partial charge in [-0.3, -0.25) is 9.59 Å². The highest BCUT2D eigenvalue weighted by molar-refractivity contribution is 5.99. The Morgan fingerprint density at radius 2 is 1.86 bits per heavy atom. The predicted octanol–water partition coefficient (Wildman–Crippen LogP) is 4.80. The third-order valence-corrected chi connectivity index (χ3v) is 8.37. The second-order valence-corrected chi connectivity index (χ2v) is 11.1. The Labute approximate surface area is 250 Å². The van der Waals surface area contributed by atoms with Crippen LogP contribution in [0.15, 0.2) is 53.6 Å². The number of methoxy groups -OCH3 is 2. The lowest BCUT2D eigenvalue weighted by atomic mass is 9.92. The SMILES string of the molecule is COC(=O)c1cc(N2CCC(c3c(F)cc(-c4cn(C)c(=O)c5cnc(N6CC(F)(F)C6)cc45)cc3OC)C2)ccc1C=O. The second kappa shape index (κ2) is 11.0. The monoisotopic (exact) mass is 606 g/mol. The average molecular weight is 607 g/mol. The van der Waals surface area contributed by atoms with Crippen LogP contribution in [0.25, 0.3) is 21.9 Å². The van der Waals surface area contributed by atoms with Crippen LogP contribution in [0.4, 0.5) is 24.7 Å². The topological polar surface area (TPSA) is 94.0 Å². The van der Waals surface area contributed by atoms with E-state index >= 15 is 4.39 Å². The largest absolute Gasteiger partial charge is 0.496 e. The summed E-state index contributed by atoms with van der Waals surface area (Å²) >= 11 is 0. The zero-order valence-corrected chi connectivity index (χ0v) is 24.3. The number of aldehydes is 1. The van der Waals surface area contributed by atoms with E-state index in [0.29, 0.717) is 65.1 Å². The molecule has 0 N–H and O–H groups in total. The van der Waals surface area contributed by atoms with Crippen molar-refractivity contribution in [3.63, 3.8) is 0 Å². The van der Waals surface area contributed by atoms with Gasteiger partial charge >= 0.3 is 5.97 Å². The first-order valence-corrected chi connectivity index (χ1v) is 14.0. The number of hydrogen-bond donors (Lipinski definition) is 0. The third-order valence-electron chi connectivity index (χ3n) is 8.37. The lowest BCUT2D eigenvalue weighted by molar-refractivity contribution is -0.0266. The molecule has 12 heteroatoms. The van der Waals surface area contributed by atoms with Crippen molar-refractivity contribution >= 4 is 34.5 Å². The van der Waals surface area contributed by atoms with Crippen molar-refractivity contribution in [3.8, 4) is 16.9 Å². The van der Waals surface area contributed by atoms with Gasteiger partial charge in [0.2, 0.25) is 0 Å². The number of benzene rings is 2. The highest BCUT2D eigenvalue weighted by atomic mass is 19.3. The van der Waals surface area contributed by atoms with Gasteiger partial charge in [-0.2, -0.15) is 0 Å². The standard InChI is InChI=1S/C32H29F3N4O5/c1-37-14-25(23-11-28(36-12-24(23)30(37)41)39-16-32(34,35)17-39)20-8-26(33)29(27(9-20)43-2)18-6-7-38(13-18)21-5-4-19(15-40)22(10-21)31(42)44-3/h4-5,8-12,14-15,18H,6-7,13,16-17H2,1-3H3. The minimum absolute atomic E-state index is 0.155. The zero-order chi connectivity index (χ0) is 31.3. The molecule has 2 aliphatic rings. The van der Waals surface area contributed by atoms with Gasteiger partial charge in [0.05, 0.1) is 38.3 Å². The fourth-order valence-electron chi connectivity index (χ4n) is 6.10. The van der Waals surface area contributed by atoms with E-state index in [1.54, 1.807) is 43.6 Å². The molecule has 2 aromatic carbocycles. The molecule has 2 fully saturated rings. The van der Waals surface area contributed by atoms with Crippen LogP contribution in [0.5, 0.6) is 5.75 Å². The van der Waals surface area contributed by atoms with E-state index in [2.05, 4.69) is 4.98 Å². The summed E-state index contributed by atoms with van der Waals surface area (Å²) < 4.78 is 55.0. The van der Waals surface area contributed by atoms with Gasteiger partial charge < -0.3 is 23.8 Å². The van der Waals surface area contributed by atoms with Crippen molar-refractivity contribution in [1.82, 2.24) is 9.55 Å². The number of alkyl halides is 2. The van der Waals surface area contributed by atoms with Gasteiger partial charge in [0.1, 0.15) is 17.4 Å². The molecule has 0 aliphatic carbocycles. The maximum Gasteiger partial charge on any atom is 0.338 e. The Morgan fingerprint density at radius 3 is 2.55 bits per heavy atom. The van der Waals surface area contributed by atoms with E-state index in [1.165, 1.54) is 35.9 Å². The summed E-state index contributed by atoms with van der Waals surface area (Å²) in [5.74, 6) is -3.51. The van der Waals surface area contributed by atoms with Crippen molar-refractivity contribution < 1.29 is 32.2 Å². The number of rotatable bonds is 7. The molecule has 1 atom stereocenters. The number of carbonyl (C=O) groups is 2. The molecule has 6 rings (SSSR count). The smallest absolute Gasteiger partial charge is 0.338 e. The molecule has 2 saturated heterocycles. The Hall–Kier alpha value is -4.87. The molecule has 1 unspecified atom stereocenters. The van der Waals surface area contributed by atoms with E-state index in [0.717, 1.165) is 0 Å². The van der Waals surface area contributed by atoms with Crippen molar-refractivity contribution in [2.45, 2.75) is 18.3 Å². The summed E-state index contributed by atoms with van der Waals surface area (Å²) in [5.41, 5.74) is 2.14. The molecule has 2 aliphatic heterocycles. The Bertz CT molecular complexity index is 1870. The fourth-order valence-corrected chi connectivity index (χ4v) is 6.10. The second-order valence-electron chi connectivity index (χ2n) is 11.1. The van der Waals surface area contributed by atoms with Gasteiger partial charge in [0.15, 0.2) is 6.29 Å². The molecule has 9 nitrogen and oxygen atoms in total. The van der Waals surface area contributed by atoms with Gasteiger partial charge in [0, 0.05) is 66.2 Å². The first kappa shape index (κ1) is 29.2. The Kier molecular flexibility index (Phi) is 7.30. The normalized spacial score (nSPS) is 17.5. The lowest BCUT2D eigenvalue weighted by Crippen LogP contribution is -2.56. The molecular formula is C32H29F3N4O5. The van der Waals surface area contributed by atoms with Crippen LogP contribution in [0, 0.1) is 5.82 Å². The number of aryl methyl sites for hydroxylation is 1. The summed E-state index contributed by atoms with van der Waals surface area (Å²) in [6.07, 6.45) is 4.16. The molecule has 0 radical (unpaired) electrons. The number of esters is 1. The molecular weight excluding hydrogens is 577 g/mol. The molecule has 0 amide bonds. The third kappa shape index (κ3) is 5.03. The number of anilines is 2. The van der Waals surface area contributed by atoms with E-state index < -0.39 is 30.8 Å². The molecule has 44 heavy (non-hydrogen) atoms. The highest BCUT2D eigenvalue weighted by Crippen LogP contribution is 2.41. The number of halogens is 3. The maximum atomic E-state index is 16.0. The highest BCUT2D eigenvalue weighted by Gasteiger charge is 2.44. The number of aromatic nitrogens is 2. The summed E-state index contributed by atoms with van der Waals surface area (Å²) in [7, 11) is 4.29. The number of fused-ring (bicyclic) bond motifs is 1. The summed E-state index contributed by atoms with van der Waals surface area (Å²) in [6.45, 7) is 0.0811. The van der Waals surface area contributed by atoms with Crippen molar-refractivity contribution in [1.29, 1.82) is 0 Å². The van der Waals surface area contributed by atoms with Gasteiger partial charge in [0.25, 0.3) is 11.5 Å². The summed E-state index contributed by atoms with van der Waals surface area (Å²) in [4.78, 5) is 44.2. The molecule has 4 heterocycles. The number of hydrogen-bond acceptors (Lipinski definition) is 8. The minimum atomic E-state index is -2.79. The number of carbonyl (C=O) groups excluding carboxylic acids is 2. The molecule has 228 valence electrons. The maximum absolute atomic E-state index is 16.0. The summed E-state index contributed by atoms with van der Waals surface area (Å²) in [6, 6.07) is 9.60. The van der Waals surface area contributed by atoms with Crippen LogP contribution >= 0.6 is 0 Å². The molecule has 4 aromatic rings. The quantitative estimate of drug-likeness (QED) is 0.219. The lowest BCUT2D eigenvalue weighted by Gasteiger charge is -2.39. The van der Waals surface area contributed by atoms with Crippen LogP contribution in [0.2, 0.25) is 0 Å². The molecule has 0 spiro atoms. The zero-order valence-electron chi connectivity index (χ0n) is 24.3. The average Bonchev–Trinajstić information content (AvgIpc) is 3.49. The first-order valence-electron chi connectivity index (χ1n) is 14.0. The summed E-state index contributed by atoms with van der Waals surface area (Å²) in [5, 5.41) is 0.748. The fraction of sp³-hybridized carbons (Fsp3) is 0.312. The molecule has 2 aromatic heterocycles. The van der Waals surface area contributed by atoms with Crippen LogP contribution in [0.3, 0.4) is 0 Å².